The Balaban J connectivity index is 1.84. The fourth-order valence-electron chi connectivity index (χ4n) is 3.57. The Morgan fingerprint density at radius 1 is 1.16 bits per heavy atom. The smallest absolute Gasteiger partial charge is 0.0771 e. The zero-order chi connectivity index (χ0) is 18.0. The molecule has 1 aliphatic rings. The normalized spacial score (nSPS) is 19.1. The van der Waals surface area contributed by atoms with E-state index in [2.05, 4.69) is 67.6 Å². The summed E-state index contributed by atoms with van der Waals surface area (Å²) in [7, 11) is 0. The maximum atomic E-state index is 9.89. The van der Waals surface area contributed by atoms with Gasteiger partial charge in [0.2, 0.25) is 0 Å². The van der Waals surface area contributed by atoms with E-state index in [1.165, 1.54) is 16.8 Å². The van der Waals surface area contributed by atoms with Crippen LogP contribution in [0.2, 0.25) is 0 Å². The van der Waals surface area contributed by atoms with Crippen LogP contribution in [0.3, 0.4) is 0 Å². The first-order valence-corrected chi connectivity index (χ1v) is 9.53. The van der Waals surface area contributed by atoms with E-state index < -0.39 is 0 Å². The molecule has 4 heteroatoms. The molecule has 1 atom stereocenters. The lowest BCUT2D eigenvalue weighted by Gasteiger charge is -2.29. The first-order valence-electron chi connectivity index (χ1n) is 9.53. The topological polar surface area (TPSA) is 41.3 Å². The van der Waals surface area contributed by atoms with E-state index in [1.54, 1.807) is 0 Å². The molecule has 1 aromatic carbocycles. The molecular formula is C21H31N3O. The predicted octanol–water partition coefficient (Wildman–Crippen LogP) is 4.21. The van der Waals surface area contributed by atoms with Crippen molar-refractivity contribution >= 4 is 0 Å². The van der Waals surface area contributed by atoms with Crippen molar-refractivity contribution in [2.45, 2.75) is 65.1 Å². The van der Waals surface area contributed by atoms with Crippen LogP contribution >= 0.6 is 0 Å². The zero-order valence-electron chi connectivity index (χ0n) is 15.9. The Kier molecular flexibility index (Phi) is 5.60. The molecule has 1 fully saturated rings. The van der Waals surface area contributed by atoms with Gasteiger partial charge in [-0.05, 0) is 56.3 Å². The van der Waals surface area contributed by atoms with Crippen LogP contribution in [0.15, 0.2) is 30.3 Å². The average Bonchev–Trinajstić information content (AvgIpc) is 2.99. The Morgan fingerprint density at radius 3 is 2.48 bits per heavy atom. The standard InChI is InChI=1S/C21H31N3O/c1-15(2)17-7-9-18(10-8-17)21-12-19(22-24(21)16(3)4)13-23-11-5-6-20(25)14-23/h7-10,12,15-16,20,25H,5-6,11,13-14H2,1-4H3. The van der Waals surface area contributed by atoms with E-state index in [0.29, 0.717) is 12.0 Å². The van der Waals surface area contributed by atoms with Crippen molar-refractivity contribution in [1.29, 1.82) is 0 Å². The van der Waals surface area contributed by atoms with Crippen molar-refractivity contribution in [3.8, 4) is 11.3 Å². The molecule has 0 radical (unpaired) electrons. The van der Waals surface area contributed by atoms with Crippen molar-refractivity contribution in [3.63, 3.8) is 0 Å². The van der Waals surface area contributed by atoms with Crippen molar-refractivity contribution in [3.05, 3.63) is 41.6 Å². The number of hydrogen-bond donors (Lipinski definition) is 1. The van der Waals surface area contributed by atoms with Crippen LogP contribution in [0.4, 0.5) is 0 Å². The molecule has 2 heterocycles. The third-order valence-corrected chi connectivity index (χ3v) is 5.01. The third-order valence-electron chi connectivity index (χ3n) is 5.01. The van der Waals surface area contributed by atoms with Gasteiger partial charge in [0.05, 0.1) is 17.5 Å². The summed E-state index contributed by atoms with van der Waals surface area (Å²) in [5.74, 6) is 0.546. The summed E-state index contributed by atoms with van der Waals surface area (Å²) < 4.78 is 2.13. The van der Waals surface area contributed by atoms with Crippen LogP contribution in [0.5, 0.6) is 0 Å². The third kappa shape index (κ3) is 4.31. The van der Waals surface area contributed by atoms with E-state index in [1.807, 2.05) is 0 Å². The predicted molar refractivity (Wildman–Crippen MR) is 103 cm³/mol. The van der Waals surface area contributed by atoms with E-state index >= 15 is 0 Å². The summed E-state index contributed by atoms with van der Waals surface area (Å²) in [5, 5.41) is 14.7. The fourth-order valence-corrected chi connectivity index (χ4v) is 3.57. The van der Waals surface area contributed by atoms with Crippen LogP contribution in [-0.4, -0.2) is 39.0 Å². The highest BCUT2D eigenvalue weighted by Gasteiger charge is 2.20. The number of hydrogen-bond acceptors (Lipinski definition) is 3. The lowest BCUT2D eigenvalue weighted by atomic mass is 10.0. The monoisotopic (exact) mass is 341 g/mol. The number of aliphatic hydroxyl groups excluding tert-OH is 1. The summed E-state index contributed by atoms with van der Waals surface area (Å²) in [6.07, 6.45) is 1.80. The summed E-state index contributed by atoms with van der Waals surface area (Å²) >= 11 is 0. The lowest BCUT2D eigenvalue weighted by molar-refractivity contribution is 0.0661. The molecule has 0 spiro atoms. The highest BCUT2D eigenvalue weighted by molar-refractivity contribution is 5.60. The van der Waals surface area contributed by atoms with Gasteiger partial charge >= 0.3 is 0 Å². The maximum Gasteiger partial charge on any atom is 0.0771 e. The minimum Gasteiger partial charge on any atom is -0.392 e. The van der Waals surface area contributed by atoms with Crippen LogP contribution in [0.1, 0.15) is 63.8 Å². The molecule has 0 bridgehead atoms. The Hall–Kier alpha value is -1.65. The summed E-state index contributed by atoms with van der Waals surface area (Å²) in [4.78, 5) is 2.31. The largest absolute Gasteiger partial charge is 0.392 e. The van der Waals surface area contributed by atoms with Gasteiger partial charge in [0, 0.05) is 19.1 Å². The molecule has 3 rings (SSSR count). The van der Waals surface area contributed by atoms with Gasteiger partial charge in [0.15, 0.2) is 0 Å². The number of likely N-dealkylation sites (tertiary alicyclic amines) is 1. The minimum absolute atomic E-state index is 0.191. The van der Waals surface area contributed by atoms with Gasteiger partial charge in [0.25, 0.3) is 0 Å². The molecule has 1 unspecified atom stereocenters. The van der Waals surface area contributed by atoms with Crippen LogP contribution in [-0.2, 0) is 6.54 Å². The Labute approximate surface area is 151 Å². The molecule has 2 aromatic rings. The van der Waals surface area contributed by atoms with Crippen LogP contribution < -0.4 is 0 Å². The molecule has 136 valence electrons. The van der Waals surface area contributed by atoms with Gasteiger partial charge in [0.1, 0.15) is 0 Å². The molecule has 4 nitrogen and oxygen atoms in total. The molecular weight excluding hydrogens is 310 g/mol. The van der Waals surface area contributed by atoms with Crippen molar-refractivity contribution < 1.29 is 5.11 Å². The number of aromatic nitrogens is 2. The molecule has 0 saturated carbocycles. The summed E-state index contributed by atoms with van der Waals surface area (Å²) in [6.45, 7) is 11.4. The van der Waals surface area contributed by atoms with Gasteiger partial charge in [-0.3, -0.25) is 9.58 Å². The first-order chi connectivity index (χ1) is 11.9. The van der Waals surface area contributed by atoms with E-state index in [4.69, 9.17) is 5.10 Å². The molecule has 0 amide bonds. The average molecular weight is 341 g/mol. The second kappa shape index (κ2) is 7.71. The number of nitrogens with zero attached hydrogens (tertiary/aromatic N) is 3. The second-order valence-corrected chi connectivity index (χ2v) is 7.87. The minimum atomic E-state index is -0.191. The summed E-state index contributed by atoms with van der Waals surface area (Å²) in [6, 6.07) is 11.4. The maximum absolute atomic E-state index is 9.89. The van der Waals surface area contributed by atoms with Crippen LogP contribution in [0.25, 0.3) is 11.3 Å². The van der Waals surface area contributed by atoms with E-state index in [9.17, 15) is 5.11 Å². The van der Waals surface area contributed by atoms with Gasteiger partial charge in [-0.15, -0.1) is 0 Å². The molecule has 1 saturated heterocycles. The first kappa shape index (κ1) is 18.2. The van der Waals surface area contributed by atoms with Gasteiger partial charge in [-0.2, -0.15) is 5.10 Å². The fraction of sp³-hybridized carbons (Fsp3) is 0.571. The van der Waals surface area contributed by atoms with Crippen molar-refractivity contribution in [2.24, 2.45) is 0 Å². The highest BCUT2D eigenvalue weighted by atomic mass is 16.3. The number of rotatable bonds is 5. The summed E-state index contributed by atoms with van der Waals surface area (Å²) in [5.41, 5.74) is 4.85. The number of benzene rings is 1. The lowest BCUT2D eigenvalue weighted by Crippen LogP contribution is -2.37. The zero-order valence-corrected chi connectivity index (χ0v) is 15.9. The molecule has 1 N–H and O–H groups in total. The molecule has 25 heavy (non-hydrogen) atoms. The quantitative estimate of drug-likeness (QED) is 0.885. The van der Waals surface area contributed by atoms with Crippen molar-refractivity contribution in [1.82, 2.24) is 14.7 Å². The van der Waals surface area contributed by atoms with E-state index in [0.717, 1.165) is 38.2 Å². The van der Waals surface area contributed by atoms with Crippen LogP contribution in [0, 0.1) is 0 Å². The number of piperidine rings is 1. The second-order valence-electron chi connectivity index (χ2n) is 7.87. The Bertz CT molecular complexity index is 688. The van der Waals surface area contributed by atoms with Gasteiger partial charge in [-0.25, -0.2) is 0 Å². The molecule has 1 aromatic heterocycles. The molecule has 1 aliphatic heterocycles. The van der Waals surface area contributed by atoms with Gasteiger partial charge in [-0.1, -0.05) is 38.1 Å². The van der Waals surface area contributed by atoms with Gasteiger partial charge < -0.3 is 5.11 Å². The molecule has 0 aliphatic carbocycles. The number of β-amino-alcohol motifs (C(OH)–C–C–N with tert-alkyl or cyclic N) is 1. The van der Waals surface area contributed by atoms with E-state index in [-0.39, 0.29) is 6.10 Å². The van der Waals surface area contributed by atoms with Crippen molar-refractivity contribution in [2.75, 3.05) is 13.1 Å². The SMILES string of the molecule is CC(C)c1ccc(-c2cc(CN3CCCC(O)C3)nn2C(C)C)cc1. The number of aliphatic hydroxyl groups is 1. The Morgan fingerprint density at radius 2 is 1.88 bits per heavy atom. The highest BCUT2D eigenvalue weighted by Crippen LogP contribution is 2.26.